The molecular formula is C16H19N3O. The summed E-state index contributed by atoms with van der Waals surface area (Å²) in [6.07, 6.45) is 2.16. The van der Waals surface area contributed by atoms with Crippen molar-refractivity contribution in [3.63, 3.8) is 0 Å². The van der Waals surface area contributed by atoms with Crippen LogP contribution >= 0.6 is 0 Å². The summed E-state index contributed by atoms with van der Waals surface area (Å²) in [5.74, 6) is 0.180. The zero-order valence-corrected chi connectivity index (χ0v) is 11.8. The van der Waals surface area contributed by atoms with Gasteiger partial charge in [0, 0.05) is 16.9 Å². The van der Waals surface area contributed by atoms with Crippen LogP contribution in [-0.2, 0) is 6.42 Å². The standard InChI is InChI=1S/C16H19N3O/c1-3-4-12-5-7-14(8-6-12)19-16(20)13-9-11(2)18-15(17)10-13/h5-10H,3-4H2,1-2H3,(H2,17,18)(H,19,20). The third-order valence-electron chi connectivity index (χ3n) is 2.99. The van der Waals surface area contributed by atoms with Gasteiger partial charge in [-0.15, -0.1) is 0 Å². The maximum atomic E-state index is 12.1. The Bertz CT molecular complexity index is 585. The summed E-state index contributed by atoms with van der Waals surface area (Å²) in [5, 5.41) is 2.86. The van der Waals surface area contributed by atoms with Crippen molar-refractivity contribution < 1.29 is 4.79 Å². The van der Waals surface area contributed by atoms with Gasteiger partial charge in [0.2, 0.25) is 0 Å². The van der Waals surface area contributed by atoms with E-state index < -0.39 is 0 Å². The molecule has 0 unspecified atom stereocenters. The van der Waals surface area contributed by atoms with Gasteiger partial charge in [0.15, 0.2) is 0 Å². The highest BCUT2D eigenvalue weighted by Gasteiger charge is 2.08. The highest BCUT2D eigenvalue weighted by atomic mass is 16.1. The molecule has 0 atom stereocenters. The maximum absolute atomic E-state index is 12.1. The van der Waals surface area contributed by atoms with Crippen LogP contribution in [0, 0.1) is 6.92 Å². The minimum absolute atomic E-state index is 0.176. The predicted molar refractivity (Wildman–Crippen MR) is 81.8 cm³/mol. The van der Waals surface area contributed by atoms with Gasteiger partial charge in [-0.3, -0.25) is 4.79 Å². The summed E-state index contributed by atoms with van der Waals surface area (Å²) in [7, 11) is 0. The van der Waals surface area contributed by atoms with E-state index in [0.29, 0.717) is 11.4 Å². The van der Waals surface area contributed by atoms with E-state index in [0.717, 1.165) is 24.2 Å². The number of nitrogens with one attached hydrogen (secondary N) is 1. The van der Waals surface area contributed by atoms with E-state index in [1.54, 1.807) is 12.1 Å². The zero-order chi connectivity index (χ0) is 14.5. The summed E-state index contributed by atoms with van der Waals surface area (Å²) < 4.78 is 0. The molecule has 0 saturated carbocycles. The number of pyridine rings is 1. The summed E-state index contributed by atoms with van der Waals surface area (Å²) in [6, 6.07) is 11.2. The van der Waals surface area contributed by atoms with Crippen molar-refractivity contribution in [1.82, 2.24) is 4.98 Å². The van der Waals surface area contributed by atoms with Gasteiger partial charge in [-0.2, -0.15) is 0 Å². The molecule has 4 nitrogen and oxygen atoms in total. The van der Waals surface area contributed by atoms with E-state index in [1.807, 2.05) is 31.2 Å². The molecule has 2 rings (SSSR count). The Labute approximate surface area is 119 Å². The Morgan fingerprint density at radius 1 is 1.25 bits per heavy atom. The smallest absolute Gasteiger partial charge is 0.255 e. The molecule has 1 amide bonds. The highest BCUT2D eigenvalue weighted by Crippen LogP contribution is 2.14. The first-order valence-electron chi connectivity index (χ1n) is 6.73. The third kappa shape index (κ3) is 3.57. The Morgan fingerprint density at radius 2 is 1.95 bits per heavy atom. The Balaban J connectivity index is 2.10. The van der Waals surface area contributed by atoms with Crippen molar-refractivity contribution in [3.05, 3.63) is 53.2 Å². The maximum Gasteiger partial charge on any atom is 0.255 e. The molecule has 0 aliphatic rings. The quantitative estimate of drug-likeness (QED) is 0.895. The molecule has 0 bridgehead atoms. The summed E-state index contributed by atoms with van der Waals surface area (Å²) in [6.45, 7) is 3.96. The zero-order valence-electron chi connectivity index (χ0n) is 11.8. The van der Waals surface area contributed by atoms with Crippen LogP contribution in [0.3, 0.4) is 0 Å². The number of aryl methyl sites for hydroxylation is 2. The van der Waals surface area contributed by atoms with Gasteiger partial charge < -0.3 is 11.1 Å². The van der Waals surface area contributed by atoms with E-state index in [-0.39, 0.29) is 5.91 Å². The fraction of sp³-hybridized carbons (Fsp3) is 0.250. The molecule has 1 heterocycles. The lowest BCUT2D eigenvalue weighted by atomic mass is 10.1. The van der Waals surface area contributed by atoms with Crippen LogP contribution in [0.5, 0.6) is 0 Å². The molecule has 0 fully saturated rings. The molecule has 4 heteroatoms. The van der Waals surface area contributed by atoms with Crippen molar-refractivity contribution in [1.29, 1.82) is 0 Å². The first-order chi connectivity index (χ1) is 9.58. The van der Waals surface area contributed by atoms with Gasteiger partial charge in [-0.25, -0.2) is 4.98 Å². The third-order valence-corrected chi connectivity index (χ3v) is 2.99. The van der Waals surface area contributed by atoms with Crippen molar-refractivity contribution in [2.45, 2.75) is 26.7 Å². The lowest BCUT2D eigenvalue weighted by molar-refractivity contribution is 0.102. The number of nitrogen functional groups attached to an aromatic ring is 1. The summed E-state index contributed by atoms with van der Waals surface area (Å²) in [4.78, 5) is 16.2. The molecule has 104 valence electrons. The average Bonchev–Trinajstić information content (AvgIpc) is 2.40. The van der Waals surface area contributed by atoms with Crippen LogP contribution in [-0.4, -0.2) is 10.9 Å². The Kier molecular flexibility index (Phi) is 4.35. The number of carbonyl (C=O) groups excluding carboxylic acids is 1. The van der Waals surface area contributed by atoms with Crippen molar-refractivity contribution in [3.8, 4) is 0 Å². The van der Waals surface area contributed by atoms with Crippen LogP contribution in [0.15, 0.2) is 36.4 Å². The first-order valence-corrected chi connectivity index (χ1v) is 6.73. The number of benzene rings is 1. The summed E-state index contributed by atoms with van der Waals surface area (Å²) >= 11 is 0. The lowest BCUT2D eigenvalue weighted by Crippen LogP contribution is -2.13. The van der Waals surface area contributed by atoms with E-state index >= 15 is 0 Å². The number of anilines is 2. The SMILES string of the molecule is CCCc1ccc(NC(=O)c2cc(C)nc(N)c2)cc1. The van der Waals surface area contributed by atoms with Gasteiger partial charge >= 0.3 is 0 Å². The van der Waals surface area contributed by atoms with Crippen molar-refractivity contribution in [2.24, 2.45) is 0 Å². The Morgan fingerprint density at radius 3 is 2.55 bits per heavy atom. The number of carbonyl (C=O) groups is 1. The normalized spacial score (nSPS) is 10.3. The molecule has 0 saturated heterocycles. The van der Waals surface area contributed by atoms with Gasteiger partial charge in [-0.1, -0.05) is 25.5 Å². The summed E-state index contributed by atoms with van der Waals surface area (Å²) in [5.41, 5.74) is 8.96. The first kappa shape index (κ1) is 14.1. The van der Waals surface area contributed by atoms with E-state index in [9.17, 15) is 4.79 Å². The van der Waals surface area contributed by atoms with Crippen LogP contribution in [0.25, 0.3) is 0 Å². The van der Waals surface area contributed by atoms with E-state index in [2.05, 4.69) is 17.2 Å². The average molecular weight is 269 g/mol. The fourth-order valence-electron chi connectivity index (χ4n) is 2.07. The number of rotatable bonds is 4. The fourth-order valence-corrected chi connectivity index (χ4v) is 2.07. The largest absolute Gasteiger partial charge is 0.384 e. The van der Waals surface area contributed by atoms with Gasteiger partial charge in [0.05, 0.1) is 0 Å². The number of nitrogens with zero attached hydrogens (tertiary/aromatic N) is 1. The molecule has 1 aromatic carbocycles. The molecule has 0 aliphatic heterocycles. The number of hydrogen-bond donors (Lipinski definition) is 2. The Hall–Kier alpha value is -2.36. The lowest BCUT2D eigenvalue weighted by Gasteiger charge is -2.07. The second-order valence-corrected chi connectivity index (χ2v) is 4.82. The molecule has 2 aromatic rings. The molecule has 1 aromatic heterocycles. The number of aromatic nitrogens is 1. The molecule has 0 aliphatic carbocycles. The second kappa shape index (κ2) is 6.19. The van der Waals surface area contributed by atoms with E-state index in [1.165, 1.54) is 5.56 Å². The minimum atomic E-state index is -0.176. The minimum Gasteiger partial charge on any atom is -0.384 e. The van der Waals surface area contributed by atoms with Gasteiger partial charge in [0.1, 0.15) is 5.82 Å². The van der Waals surface area contributed by atoms with Crippen LogP contribution in [0.4, 0.5) is 11.5 Å². The topological polar surface area (TPSA) is 68.0 Å². The van der Waals surface area contributed by atoms with Crippen molar-refractivity contribution in [2.75, 3.05) is 11.1 Å². The van der Waals surface area contributed by atoms with Gasteiger partial charge in [0.25, 0.3) is 5.91 Å². The van der Waals surface area contributed by atoms with Crippen LogP contribution in [0.2, 0.25) is 0 Å². The van der Waals surface area contributed by atoms with Gasteiger partial charge in [-0.05, 0) is 43.2 Å². The second-order valence-electron chi connectivity index (χ2n) is 4.82. The van der Waals surface area contributed by atoms with Crippen LogP contribution < -0.4 is 11.1 Å². The van der Waals surface area contributed by atoms with Crippen molar-refractivity contribution >= 4 is 17.4 Å². The monoisotopic (exact) mass is 269 g/mol. The molecule has 0 spiro atoms. The predicted octanol–water partition coefficient (Wildman–Crippen LogP) is 3.18. The number of hydrogen-bond acceptors (Lipinski definition) is 3. The number of amides is 1. The van der Waals surface area contributed by atoms with Crippen LogP contribution in [0.1, 0.15) is 35.0 Å². The molecule has 3 N–H and O–H groups in total. The molecular weight excluding hydrogens is 250 g/mol. The highest BCUT2D eigenvalue weighted by molar-refractivity contribution is 6.04. The molecule has 0 radical (unpaired) electrons. The molecule has 20 heavy (non-hydrogen) atoms. The number of nitrogens with two attached hydrogens (primary N) is 1. The van der Waals surface area contributed by atoms with E-state index in [4.69, 9.17) is 5.73 Å².